The van der Waals surface area contributed by atoms with E-state index in [-0.39, 0.29) is 0 Å². The van der Waals surface area contributed by atoms with E-state index in [0.29, 0.717) is 0 Å². The first-order valence-electron chi connectivity index (χ1n) is 7.33. The molecule has 0 N–H and O–H groups in total. The summed E-state index contributed by atoms with van der Waals surface area (Å²) in [5.41, 5.74) is 4.53. The van der Waals surface area contributed by atoms with E-state index in [1.165, 1.54) is 31.4 Å². The summed E-state index contributed by atoms with van der Waals surface area (Å²) in [4.78, 5) is 0. The van der Waals surface area contributed by atoms with Gasteiger partial charge in [-0.05, 0) is 62.3 Å². The molecular weight excluding hydrogens is 208 g/mol. The molecule has 1 unspecified atom stereocenters. The van der Waals surface area contributed by atoms with Gasteiger partial charge in [-0.15, -0.1) is 0 Å². The standard InChI is InChI=1S/C15H24N2/c1-4-14-13-7-6-11-10(3)12(11)8-9-15(13)17(5-2)16-14/h10-12H,4-9H2,1-3H3/t10?,11-,12+/m0/s1. The molecule has 0 bridgehead atoms. The van der Waals surface area contributed by atoms with E-state index >= 15 is 0 Å². The van der Waals surface area contributed by atoms with Crippen molar-refractivity contribution in [2.45, 2.75) is 59.4 Å². The monoisotopic (exact) mass is 232 g/mol. The lowest BCUT2D eigenvalue weighted by molar-refractivity contribution is 0.549. The second-order valence-corrected chi connectivity index (χ2v) is 5.81. The van der Waals surface area contributed by atoms with Crippen molar-refractivity contribution in [2.75, 3.05) is 0 Å². The van der Waals surface area contributed by atoms with Crippen molar-refractivity contribution < 1.29 is 0 Å². The Kier molecular flexibility index (Phi) is 2.76. The predicted molar refractivity (Wildman–Crippen MR) is 70.1 cm³/mol. The van der Waals surface area contributed by atoms with Crippen LogP contribution in [0.15, 0.2) is 0 Å². The molecule has 1 saturated carbocycles. The summed E-state index contributed by atoms with van der Waals surface area (Å²) in [6.07, 6.45) is 6.44. The average Bonchev–Trinajstić information content (AvgIpc) is 2.79. The summed E-state index contributed by atoms with van der Waals surface area (Å²) >= 11 is 0. The van der Waals surface area contributed by atoms with Gasteiger partial charge in [0, 0.05) is 12.2 Å². The van der Waals surface area contributed by atoms with Crippen molar-refractivity contribution in [3.63, 3.8) is 0 Å². The third-order valence-corrected chi connectivity index (χ3v) is 5.09. The molecule has 0 spiro atoms. The molecule has 17 heavy (non-hydrogen) atoms. The van der Waals surface area contributed by atoms with Crippen molar-refractivity contribution in [2.24, 2.45) is 17.8 Å². The quantitative estimate of drug-likeness (QED) is 0.765. The summed E-state index contributed by atoms with van der Waals surface area (Å²) in [7, 11) is 0. The van der Waals surface area contributed by atoms with Gasteiger partial charge >= 0.3 is 0 Å². The molecule has 2 nitrogen and oxygen atoms in total. The lowest BCUT2D eigenvalue weighted by atomic mass is 9.96. The predicted octanol–water partition coefficient (Wildman–Crippen LogP) is 3.23. The molecule has 3 rings (SSSR count). The number of aromatic nitrogens is 2. The molecule has 0 radical (unpaired) electrons. The Hall–Kier alpha value is -0.790. The SMILES string of the molecule is CCc1nn(CC)c2c1CC[C@H]1C(C)[C@H]1CC2. The van der Waals surface area contributed by atoms with Gasteiger partial charge in [0.25, 0.3) is 0 Å². The fourth-order valence-electron chi connectivity index (χ4n) is 3.91. The number of rotatable bonds is 2. The van der Waals surface area contributed by atoms with Gasteiger partial charge in [0.1, 0.15) is 0 Å². The molecule has 0 aromatic carbocycles. The number of aryl methyl sites for hydroxylation is 2. The third-order valence-electron chi connectivity index (χ3n) is 5.09. The number of nitrogens with zero attached hydrogens (tertiary/aromatic N) is 2. The van der Waals surface area contributed by atoms with Crippen LogP contribution in [0.5, 0.6) is 0 Å². The summed E-state index contributed by atoms with van der Waals surface area (Å²) in [5, 5.41) is 4.79. The molecule has 0 aliphatic heterocycles. The summed E-state index contributed by atoms with van der Waals surface area (Å²) < 4.78 is 2.27. The smallest absolute Gasteiger partial charge is 0.0656 e. The largest absolute Gasteiger partial charge is 0.269 e. The zero-order valence-corrected chi connectivity index (χ0v) is 11.4. The van der Waals surface area contributed by atoms with Crippen LogP contribution in [0.3, 0.4) is 0 Å². The maximum Gasteiger partial charge on any atom is 0.0656 e. The van der Waals surface area contributed by atoms with Crippen LogP contribution in [0.4, 0.5) is 0 Å². The first-order valence-corrected chi connectivity index (χ1v) is 7.33. The summed E-state index contributed by atoms with van der Waals surface area (Å²) in [6, 6.07) is 0. The van der Waals surface area contributed by atoms with Crippen LogP contribution in [-0.2, 0) is 25.8 Å². The maximum atomic E-state index is 4.79. The van der Waals surface area contributed by atoms with E-state index in [0.717, 1.165) is 30.7 Å². The number of fused-ring (bicyclic) bond motifs is 2. The minimum absolute atomic E-state index is 0.993. The Morgan fingerprint density at radius 2 is 1.88 bits per heavy atom. The summed E-state index contributed by atoms with van der Waals surface area (Å²) in [6.45, 7) is 7.93. The molecule has 94 valence electrons. The van der Waals surface area contributed by atoms with Crippen LogP contribution >= 0.6 is 0 Å². The van der Waals surface area contributed by atoms with Gasteiger partial charge < -0.3 is 0 Å². The Balaban J connectivity index is 1.92. The molecule has 1 aromatic heterocycles. The Labute approximate surface area is 104 Å². The second-order valence-electron chi connectivity index (χ2n) is 5.81. The first-order chi connectivity index (χ1) is 8.26. The van der Waals surface area contributed by atoms with Gasteiger partial charge in [0.05, 0.1) is 5.69 Å². The van der Waals surface area contributed by atoms with E-state index in [1.54, 1.807) is 11.3 Å². The van der Waals surface area contributed by atoms with Gasteiger partial charge in [-0.3, -0.25) is 4.68 Å². The highest BCUT2D eigenvalue weighted by atomic mass is 15.3. The Bertz CT molecular complexity index is 382. The Morgan fingerprint density at radius 1 is 1.18 bits per heavy atom. The zero-order valence-electron chi connectivity index (χ0n) is 11.4. The van der Waals surface area contributed by atoms with Crippen LogP contribution in [-0.4, -0.2) is 9.78 Å². The molecule has 3 atom stereocenters. The van der Waals surface area contributed by atoms with E-state index < -0.39 is 0 Å². The minimum atomic E-state index is 0.993. The van der Waals surface area contributed by atoms with Gasteiger partial charge in [-0.1, -0.05) is 13.8 Å². The Morgan fingerprint density at radius 3 is 2.53 bits per heavy atom. The van der Waals surface area contributed by atoms with Gasteiger partial charge in [-0.2, -0.15) is 5.10 Å². The molecule has 2 aliphatic rings. The van der Waals surface area contributed by atoms with Gasteiger partial charge in [0.15, 0.2) is 0 Å². The van der Waals surface area contributed by atoms with Crippen LogP contribution < -0.4 is 0 Å². The maximum absolute atomic E-state index is 4.79. The van der Waals surface area contributed by atoms with Crippen LogP contribution in [0.2, 0.25) is 0 Å². The zero-order chi connectivity index (χ0) is 12.0. The molecule has 2 heteroatoms. The number of hydrogen-bond acceptors (Lipinski definition) is 1. The van der Waals surface area contributed by atoms with E-state index in [2.05, 4.69) is 25.5 Å². The molecule has 1 fully saturated rings. The lowest BCUT2D eigenvalue weighted by Crippen LogP contribution is -2.07. The van der Waals surface area contributed by atoms with Gasteiger partial charge in [-0.25, -0.2) is 0 Å². The van der Waals surface area contributed by atoms with Crippen LogP contribution in [0.1, 0.15) is 50.6 Å². The second kappa shape index (κ2) is 4.15. The van der Waals surface area contributed by atoms with Crippen LogP contribution in [0.25, 0.3) is 0 Å². The first kappa shape index (κ1) is 11.3. The fraction of sp³-hybridized carbons (Fsp3) is 0.800. The molecule has 1 heterocycles. The van der Waals surface area contributed by atoms with Gasteiger partial charge in [0.2, 0.25) is 0 Å². The normalized spacial score (nSPS) is 31.4. The number of hydrogen-bond donors (Lipinski definition) is 0. The fourth-order valence-corrected chi connectivity index (χ4v) is 3.91. The van der Waals surface area contributed by atoms with Crippen LogP contribution in [0, 0.1) is 17.8 Å². The van der Waals surface area contributed by atoms with Crippen molar-refractivity contribution in [1.29, 1.82) is 0 Å². The molecule has 1 aromatic rings. The minimum Gasteiger partial charge on any atom is -0.269 e. The van der Waals surface area contributed by atoms with Crippen molar-refractivity contribution in [3.8, 4) is 0 Å². The highest BCUT2D eigenvalue weighted by molar-refractivity contribution is 5.28. The highest BCUT2D eigenvalue weighted by Crippen LogP contribution is 2.52. The topological polar surface area (TPSA) is 17.8 Å². The van der Waals surface area contributed by atoms with Crippen molar-refractivity contribution in [3.05, 3.63) is 17.0 Å². The lowest BCUT2D eigenvalue weighted by Gasteiger charge is -2.11. The molecule has 0 saturated heterocycles. The summed E-state index contributed by atoms with van der Waals surface area (Å²) in [5.74, 6) is 3.04. The van der Waals surface area contributed by atoms with E-state index in [9.17, 15) is 0 Å². The third kappa shape index (κ3) is 1.73. The average molecular weight is 232 g/mol. The van der Waals surface area contributed by atoms with E-state index in [1.807, 2.05) is 0 Å². The molecule has 0 amide bonds. The van der Waals surface area contributed by atoms with Crippen molar-refractivity contribution >= 4 is 0 Å². The van der Waals surface area contributed by atoms with Crippen molar-refractivity contribution in [1.82, 2.24) is 9.78 Å². The highest BCUT2D eigenvalue weighted by Gasteiger charge is 2.46. The van der Waals surface area contributed by atoms with E-state index in [4.69, 9.17) is 5.10 Å². The molecular formula is C15H24N2. The molecule has 2 aliphatic carbocycles.